The second kappa shape index (κ2) is 5.25. The van der Waals surface area contributed by atoms with Crippen molar-refractivity contribution < 1.29 is 0 Å². The van der Waals surface area contributed by atoms with Gasteiger partial charge in [0.2, 0.25) is 0 Å². The quantitative estimate of drug-likeness (QED) is 0.896. The molecule has 0 fully saturated rings. The summed E-state index contributed by atoms with van der Waals surface area (Å²) in [4.78, 5) is 0. The molecule has 2 aromatic rings. The normalized spacial score (nSPS) is 11.1. The minimum Gasteiger partial charge on any atom is -0.384 e. The Kier molecular flexibility index (Phi) is 3.70. The molecule has 96 valence electrons. The summed E-state index contributed by atoms with van der Waals surface area (Å²) in [5, 5.41) is 4.57. The van der Waals surface area contributed by atoms with Gasteiger partial charge in [0.15, 0.2) is 0 Å². The van der Waals surface area contributed by atoms with Crippen LogP contribution in [-0.2, 0) is 12.8 Å². The molecule has 0 amide bonds. The molecular weight excluding hydrogens is 222 g/mol. The molecule has 1 aromatic carbocycles. The van der Waals surface area contributed by atoms with Crippen LogP contribution in [0.1, 0.15) is 32.0 Å². The van der Waals surface area contributed by atoms with Gasteiger partial charge in [-0.3, -0.25) is 0 Å². The summed E-state index contributed by atoms with van der Waals surface area (Å²) < 4.78 is 1.82. The molecule has 1 aromatic heterocycles. The van der Waals surface area contributed by atoms with Crippen molar-refractivity contribution in [1.29, 1.82) is 0 Å². The topological polar surface area (TPSA) is 43.8 Å². The van der Waals surface area contributed by atoms with E-state index in [4.69, 9.17) is 5.73 Å². The third-order valence-electron chi connectivity index (χ3n) is 2.99. The van der Waals surface area contributed by atoms with Gasteiger partial charge in [-0.25, -0.2) is 4.68 Å². The Hall–Kier alpha value is -1.77. The van der Waals surface area contributed by atoms with Crippen molar-refractivity contribution in [2.45, 2.75) is 33.6 Å². The average molecular weight is 243 g/mol. The number of aryl methyl sites for hydroxylation is 1. The molecule has 0 aliphatic heterocycles. The van der Waals surface area contributed by atoms with E-state index in [1.165, 1.54) is 5.56 Å². The lowest BCUT2D eigenvalue weighted by atomic mass is 10.1. The molecule has 0 unspecified atom stereocenters. The zero-order valence-electron chi connectivity index (χ0n) is 11.4. The maximum Gasteiger partial charge on any atom is 0.127 e. The van der Waals surface area contributed by atoms with Gasteiger partial charge in [0.1, 0.15) is 5.82 Å². The lowest BCUT2D eigenvalue weighted by Gasteiger charge is -2.05. The maximum atomic E-state index is 6.02. The predicted octanol–water partition coefficient (Wildman–Crippen LogP) is 3.22. The average Bonchev–Trinajstić information content (AvgIpc) is 2.69. The van der Waals surface area contributed by atoms with Crippen molar-refractivity contribution in [3.05, 3.63) is 41.6 Å². The van der Waals surface area contributed by atoms with Crippen LogP contribution < -0.4 is 5.73 Å². The number of nitrogens with zero attached hydrogens (tertiary/aromatic N) is 2. The van der Waals surface area contributed by atoms with E-state index in [1.54, 1.807) is 0 Å². The van der Waals surface area contributed by atoms with Crippen LogP contribution in [0.5, 0.6) is 0 Å². The number of nitrogens with two attached hydrogens (primary N) is 1. The summed E-state index contributed by atoms with van der Waals surface area (Å²) >= 11 is 0. The summed E-state index contributed by atoms with van der Waals surface area (Å²) in [5.41, 5.74) is 9.43. The third-order valence-corrected chi connectivity index (χ3v) is 2.99. The Bertz CT molecular complexity index is 509. The zero-order valence-corrected chi connectivity index (χ0v) is 11.4. The first-order chi connectivity index (χ1) is 8.60. The van der Waals surface area contributed by atoms with Crippen LogP contribution in [0.2, 0.25) is 0 Å². The fourth-order valence-corrected chi connectivity index (χ4v) is 2.04. The van der Waals surface area contributed by atoms with Crippen LogP contribution in [0.3, 0.4) is 0 Å². The van der Waals surface area contributed by atoms with E-state index in [1.807, 2.05) is 10.7 Å². The number of hydrogen-bond donors (Lipinski definition) is 1. The number of nitrogen functional groups attached to an aromatic ring is 1. The molecule has 3 heteroatoms. The van der Waals surface area contributed by atoms with Gasteiger partial charge in [0, 0.05) is 6.07 Å². The highest BCUT2D eigenvalue weighted by Gasteiger charge is 2.08. The molecule has 0 bridgehead atoms. The molecule has 0 aliphatic carbocycles. The summed E-state index contributed by atoms with van der Waals surface area (Å²) in [5.74, 6) is 1.30. The van der Waals surface area contributed by atoms with Crippen molar-refractivity contribution in [1.82, 2.24) is 9.78 Å². The van der Waals surface area contributed by atoms with E-state index < -0.39 is 0 Å². The largest absolute Gasteiger partial charge is 0.384 e. The fourth-order valence-electron chi connectivity index (χ4n) is 2.04. The van der Waals surface area contributed by atoms with Gasteiger partial charge in [0.05, 0.1) is 11.4 Å². The maximum absolute atomic E-state index is 6.02. The van der Waals surface area contributed by atoms with Crippen LogP contribution >= 0.6 is 0 Å². The van der Waals surface area contributed by atoms with E-state index in [0.717, 1.165) is 24.2 Å². The first kappa shape index (κ1) is 12.7. The van der Waals surface area contributed by atoms with Gasteiger partial charge in [-0.05, 0) is 36.5 Å². The molecule has 2 N–H and O–H groups in total. The molecule has 1 heterocycles. The predicted molar refractivity (Wildman–Crippen MR) is 75.9 cm³/mol. The zero-order chi connectivity index (χ0) is 13.1. The first-order valence-corrected chi connectivity index (χ1v) is 6.54. The molecule has 0 radical (unpaired) electrons. The molecule has 3 nitrogen and oxygen atoms in total. The highest BCUT2D eigenvalue weighted by molar-refractivity contribution is 5.43. The van der Waals surface area contributed by atoms with Crippen LogP contribution in [0.15, 0.2) is 30.3 Å². The molecule has 0 aliphatic rings. The van der Waals surface area contributed by atoms with Gasteiger partial charge in [0.25, 0.3) is 0 Å². The van der Waals surface area contributed by atoms with E-state index in [9.17, 15) is 0 Å². The smallest absolute Gasteiger partial charge is 0.127 e. The van der Waals surface area contributed by atoms with Gasteiger partial charge < -0.3 is 5.73 Å². The minimum atomic E-state index is 0.593. The molecule has 2 rings (SSSR count). The van der Waals surface area contributed by atoms with Crippen molar-refractivity contribution in [3.63, 3.8) is 0 Å². The van der Waals surface area contributed by atoms with Gasteiger partial charge in [-0.2, -0.15) is 5.10 Å². The van der Waals surface area contributed by atoms with Gasteiger partial charge >= 0.3 is 0 Å². The number of aromatic nitrogens is 2. The van der Waals surface area contributed by atoms with E-state index >= 15 is 0 Å². The highest BCUT2D eigenvalue weighted by Crippen LogP contribution is 2.17. The molecule has 0 saturated heterocycles. The van der Waals surface area contributed by atoms with Crippen LogP contribution in [0, 0.1) is 5.92 Å². The van der Waals surface area contributed by atoms with E-state index in [2.05, 4.69) is 50.1 Å². The Morgan fingerprint density at radius 3 is 2.44 bits per heavy atom. The number of anilines is 1. The summed E-state index contributed by atoms with van der Waals surface area (Å²) in [6.07, 6.45) is 2.01. The third kappa shape index (κ3) is 2.73. The molecule has 18 heavy (non-hydrogen) atoms. The fraction of sp³-hybridized carbons (Fsp3) is 0.400. The monoisotopic (exact) mass is 243 g/mol. The van der Waals surface area contributed by atoms with Gasteiger partial charge in [-0.1, -0.05) is 32.9 Å². The van der Waals surface area contributed by atoms with Crippen LogP contribution in [-0.4, -0.2) is 9.78 Å². The second-order valence-corrected chi connectivity index (χ2v) is 5.09. The highest BCUT2D eigenvalue weighted by atomic mass is 15.3. The molecule has 0 spiro atoms. The van der Waals surface area contributed by atoms with Crippen molar-refractivity contribution in [3.8, 4) is 5.69 Å². The summed E-state index contributed by atoms with van der Waals surface area (Å²) in [6, 6.07) is 10.4. The molecule has 0 saturated carbocycles. The summed E-state index contributed by atoms with van der Waals surface area (Å²) in [7, 11) is 0. The van der Waals surface area contributed by atoms with Crippen LogP contribution in [0.4, 0.5) is 5.82 Å². The van der Waals surface area contributed by atoms with Crippen molar-refractivity contribution in [2.75, 3.05) is 5.73 Å². The number of rotatable bonds is 4. The number of hydrogen-bond acceptors (Lipinski definition) is 2. The Labute approximate surface area is 109 Å². The molecule has 0 atom stereocenters. The first-order valence-electron chi connectivity index (χ1n) is 6.54. The Morgan fingerprint density at radius 2 is 1.89 bits per heavy atom. The minimum absolute atomic E-state index is 0.593. The second-order valence-electron chi connectivity index (χ2n) is 5.09. The van der Waals surface area contributed by atoms with Crippen molar-refractivity contribution in [2.24, 2.45) is 5.92 Å². The Morgan fingerprint density at radius 1 is 1.22 bits per heavy atom. The van der Waals surface area contributed by atoms with Crippen molar-refractivity contribution >= 4 is 5.82 Å². The number of benzene rings is 1. The lowest BCUT2D eigenvalue weighted by Crippen LogP contribution is -2.02. The lowest BCUT2D eigenvalue weighted by molar-refractivity contribution is 0.628. The summed E-state index contributed by atoms with van der Waals surface area (Å²) in [6.45, 7) is 6.52. The Balaban J connectivity index is 2.29. The van der Waals surface area contributed by atoms with E-state index in [0.29, 0.717) is 11.7 Å². The van der Waals surface area contributed by atoms with Gasteiger partial charge in [-0.15, -0.1) is 0 Å². The SMILES string of the molecule is CCc1ccc(-n2nc(CC(C)C)cc2N)cc1. The standard InChI is InChI=1S/C15H21N3/c1-4-12-5-7-14(8-6-12)18-15(16)10-13(17-18)9-11(2)3/h5-8,10-11H,4,9,16H2,1-3H3. The molecular formula is C15H21N3. The van der Waals surface area contributed by atoms with Crippen LogP contribution in [0.25, 0.3) is 5.69 Å². The van der Waals surface area contributed by atoms with E-state index in [-0.39, 0.29) is 0 Å².